The molecule has 1 aliphatic heterocycles. The lowest BCUT2D eigenvalue weighted by atomic mass is 9.93. The quantitative estimate of drug-likeness (QED) is 0.436. The van der Waals surface area contributed by atoms with Crippen molar-refractivity contribution < 1.29 is 14.7 Å². The molecule has 1 rings (SSSR count). The molecule has 0 aromatic heterocycles. The Morgan fingerprint density at radius 1 is 1.35 bits per heavy atom. The van der Waals surface area contributed by atoms with E-state index in [9.17, 15) is 4.79 Å². The molecule has 1 N–H and O–H groups in total. The molecule has 0 atom stereocenters. The molecule has 1 saturated heterocycles. The van der Waals surface area contributed by atoms with Crippen LogP contribution in [0.25, 0.3) is 0 Å². The number of likely N-dealkylation sites (tertiary alicyclic amines) is 1. The Labute approximate surface area is 102 Å². The monoisotopic (exact) mass is 242 g/mol. The fraction of sp³-hybridized carbons (Fsp3) is 0.833. The predicted octanol–water partition coefficient (Wildman–Crippen LogP) is 2.48. The number of ether oxygens (including phenoxy) is 1. The largest absolute Gasteiger partial charge is 0.444 e. The number of amides is 1. The highest BCUT2D eigenvalue weighted by molar-refractivity contribution is 5.84. The summed E-state index contributed by atoms with van der Waals surface area (Å²) < 4.78 is 5.31. The van der Waals surface area contributed by atoms with Gasteiger partial charge in [-0.05, 0) is 40.5 Å². The zero-order valence-electron chi connectivity index (χ0n) is 11.1. The van der Waals surface area contributed by atoms with E-state index >= 15 is 0 Å². The van der Waals surface area contributed by atoms with E-state index in [-0.39, 0.29) is 12.0 Å². The highest BCUT2D eigenvalue weighted by atomic mass is 16.6. The van der Waals surface area contributed by atoms with Crippen LogP contribution in [0.2, 0.25) is 0 Å². The van der Waals surface area contributed by atoms with Crippen LogP contribution in [0.1, 0.15) is 40.5 Å². The van der Waals surface area contributed by atoms with Crippen LogP contribution >= 0.6 is 0 Å². The van der Waals surface area contributed by atoms with Gasteiger partial charge in [0.2, 0.25) is 0 Å². The Hall–Kier alpha value is -1.26. The molecule has 17 heavy (non-hydrogen) atoms. The number of carbonyl (C=O) groups excluding carboxylic acids is 1. The molecule has 1 aliphatic rings. The molecular formula is C12H22N2O3. The van der Waals surface area contributed by atoms with Gasteiger partial charge in [0, 0.05) is 19.0 Å². The van der Waals surface area contributed by atoms with E-state index in [0.717, 1.165) is 18.6 Å². The van der Waals surface area contributed by atoms with Gasteiger partial charge in [-0.3, -0.25) is 0 Å². The topological polar surface area (TPSA) is 62.1 Å². The van der Waals surface area contributed by atoms with E-state index < -0.39 is 5.60 Å². The molecule has 1 amide bonds. The first-order chi connectivity index (χ1) is 7.83. The lowest BCUT2D eigenvalue weighted by Crippen LogP contribution is -2.42. The lowest BCUT2D eigenvalue weighted by molar-refractivity contribution is 0.0201. The number of piperidine rings is 1. The summed E-state index contributed by atoms with van der Waals surface area (Å²) in [5.74, 6) is 0.277. The molecule has 0 aromatic carbocycles. The van der Waals surface area contributed by atoms with Crippen molar-refractivity contribution in [1.29, 1.82) is 0 Å². The highest BCUT2D eigenvalue weighted by Gasteiger charge is 2.27. The third-order valence-electron chi connectivity index (χ3n) is 2.90. The molecule has 0 bridgehead atoms. The molecular weight excluding hydrogens is 220 g/mol. The van der Waals surface area contributed by atoms with Gasteiger partial charge in [-0.1, -0.05) is 5.16 Å². The van der Waals surface area contributed by atoms with E-state index in [0.29, 0.717) is 13.1 Å². The fourth-order valence-corrected chi connectivity index (χ4v) is 1.89. The van der Waals surface area contributed by atoms with E-state index in [1.165, 1.54) is 0 Å². The van der Waals surface area contributed by atoms with Gasteiger partial charge in [0.25, 0.3) is 0 Å². The van der Waals surface area contributed by atoms with Crippen molar-refractivity contribution >= 4 is 11.8 Å². The zero-order chi connectivity index (χ0) is 13.1. The number of oxime groups is 1. The van der Waals surface area contributed by atoms with Gasteiger partial charge >= 0.3 is 6.09 Å². The smallest absolute Gasteiger partial charge is 0.410 e. The highest BCUT2D eigenvalue weighted by Crippen LogP contribution is 2.20. The van der Waals surface area contributed by atoms with Crippen LogP contribution in [-0.2, 0) is 4.74 Å². The van der Waals surface area contributed by atoms with Crippen molar-refractivity contribution in [1.82, 2.24) is 4.90 Å². The second kappa shape index (κ2) is 5.38. The van der Waals surface area contributed by atoms with Crippen LogP contribution < -0.4 is 0 Å². The summed E-state index contributed by atoms with van der Waals surface area (Å²) in [6.45, 7) is 8.72. The first kappa shape index (κ1) is 13.8. The molecule has 0 radical (unpaired) electrons. The summed E-state index contributed by atoms with van der Waals surface area (Å²) in [5.41, 5.74) is 0.296. The first-order valence-corrected chi connectivity index (χ1v) is 6.00. The van der Waals surface area contributed by atoms with Crippen molar-refractivity contribution in [3.63, 3.8) is 0 Å². The van der Waals surface area contributed by atoms with Crippen molar-refractivity contribution in [2.75, 3.05) is 13.1 Å². The normalized spacial score (nSPS) is 19.3. The molecule has 0 saturated carbocycles. The number of nitrogens with zero attached hydrogens (tertiary/aromatic N) is 2. The number of rotatable bonds is 1. The van der Waals surface area contributed by atoms with Gasteiger partial charge in [-0.2, -0.15) is 0 Å². The molecule has 0 unspecified atom stereocenters. The molecule has 0 aliphatic carbocycles. The van der Waals surface area contributed by atoms with Crippen LogP contribution in [-0.4, -0.2) is 40.6 Å². The number of hydrogen-bond donors (Lipinski definition) is 1. The zero-order valence-corrected chi connectivity index (χ0v) is 11.1. The molecule has 1 fully saturated rings. The maximum Gasteiger partial charge on any atom is 0.410 e. The molecule has 1 heterocycles. The maximum absolute atomic E-state index is 11.8. The minimum Gasteiger partial charge on any atom is -0.444 e. The Morgan fingerprint density at radius 2 is 1.88 bits per heavy atom. The van der Waals surface area contributed by atoms with Crippen LogP contribution in [0.15, 0.2) is 5.16 Å². The molecule has 0 aromatic rings. The Kier molecular flexibility index (Phi) is 4.37. The van der Waals surface area contributed by atoms with Crippen LogP contribution in [0, 0.1) is 5.92 Å². The maximum atomic E-state index is 11.8. The summed E-state index contributed by atoms with van der Waals surface area (Å²) in [4.78, 5) is 13.5. The van der Waals surface area contributed by atoms with Gasteiger partial charge in [-0.25, -0.2) is 4.79 Å². The third-order valence-corrected chi connectivity index (χ3v) is 2.90. The minimum atomic E-state index is -0.448. The molecule has 5 nitrogen and oxygen atoms in total. The van der Waals surface area contributed by atoms with Crippen molar-refractivity contribution in [3.8, 4) is 0 Å². The minimum absolute atomic E-state index is 0.255. The van der Waals surface area contributed by atoms with Gasteiger partial charge in [0.15, 0.2) is 0 Å². The predicted molar refractivity (Wildman–Crippen MR) is 65.4 cm³/mol. The molecule has 0 spiro atoms. The van der Waals surface area contributed by atoms with E-state index in [1.807, 2.05) is 27.7 Å². The summed E-state index contributed by atoms with van der Waals surface area (Å²) in [7, 11) is 0. The first-order valence-electron chi connectivity index (χ1n) is 6.00. The average molecular weight is 242 g/mol. The summed E-state index contributed by atoms with van der Waals surface area (Å²) in [6, 6.07) is 0. The van der Waals surface area contributed by atoms with Gasteiger partial charge in [-0.15, -0.1) is 0 Å². The van der Waals surface area contributed by atoms with E-state index in [4.69, 9.17) is 9.94 Å². The van der Waals surface area contributed by atoms with Crippen molar-refractivity contribution in [2.45, 2.75) is 46.1 Å². The number of hydrogen-bond acceptors (Lipinski definition) is 4. The standard InChI is InChI=1S/C12H22N2O3/c1-9(13-16)10-5-7-14(8-6-10)11(15)17-12(2,3)4/h10,16H,5-8H2,1-4H3/b13-9-. The SMILES string of the molecule is C/C(=N/O)C1CCN(C(=O)OC(C)(C)C)CC1. The van der Waals surface area contributed by atoms with Gasteiger partial charge in [0.05, 0.1) is 5.71 Å². The van der Waals surface area contributed by atoms with Crippen LogP contribution in [0.4, 0.5) is 4.79 Å². The third kappa shape index (κ3) is 4.24. The Morgan fingerprint density at radius 3 is 2.29 bits per heavy atom. The second-order valence-corrected chi connectivity index (χ2v) is 5.48. The second-order valence-electron chi connectivity index (χ2n) is 5.48. The van der Waals surface area contributed by atoms with E-state index in [1.54, 1.807) is 4.90 Å². The van der Waals surface area contributed by atoms with Gasteiger partial charge in [0.1, 0.15) is 5.60 Å². The average Bonchev–Trinajstić information content (AvgIpc) is 2.26. The van der Waals surface area contributed by atoms with Crippen LogP contribution in [0.5, 0.6) is 0 Å². The summed E-state index contributed by atoms with van der Waals surface area (Å²) >= 11 is 0. The number of carbonyl (C=O) groups is 1. The molecule has 98 valence electrons. The molecule has 5 heteroatoms. The summed E-state index contributed by atoms with van der Waals surface area (Å²) in [6.07, 6.45) is 1.40. The van der Waals surface area contributed by atoms with Crippen LogP contribution in [0.3, 0.4) is 0 Å². The Bertz CT molecular complexity index is 299. The summed E-state index contributed by atoms with van der Waals surface area (Å²) in [5, 5.41) is 11.9. The van der Waals surface area contributed by atoms with Crippen molar-refractivity contribution in [3.05, 3.63) is 0 Å². The fourth-order valence-electron chi connectivity index (χ4n) is 1.89. The van der Waals surface area contributed by atoms with Gasteiger partial charge < -0.3 is 14.8 Å². The van der Waals surface area contributed by atoms with Crippen molar-refractivity contribution in [2.24, 2.45) is 11.1 Å². The Balaban J connectivity index is 2.44. The lowest BCUT2D eigenvalue weighted by Gasteiger charge is -2.33. The van der Waals surface area contributed by atoms with E-state index in [2.05, 4.69) is 5.16 Å².